The molecule has 5 rings (SSSR count). The number of aromatic amines is 2. The van der Waals surface area contributed by atoms with Crippen molar-refractivity contribution in [3.05, 3.63) is 69.3 Å². The highest BCUT2D eigenvalue weighted by molar-refractivity contribution is 5.96. The van der Waals surface area contributed by atoms with Crippen LogP contribution in [0.4, 0.5) is 26.3 Å². The number of fused-ring (bicyclic) bond motifs is 8. The Hall–Kier alpha value is -4.96. The fourth-order valence-electron chi connectivity index (χ4n) is 6.47. The van der Waals surface area contributed by atoms with Crippen LogP contribution < -0.4 is 0 Å². The number of nitrogens with zero attached hydrogens (tertiary/aromatic N) is 2. The molecule has 2 aliphatic rings. The van der Waals surface area contributed by atoms with E-state index in [2.05, 4.69) is 9.97 Å². The van der Waals surface area contributed by atoms with E-state index in [0.717, 1.165) is 6.07 Å². The highest BCUT2D eigenvalue weighted by Gasteiger charge is 2.43. The molecule has 10 nitrogen and oxygen atoms in total. The number of esters is 2. The smallest absolute Gasteiger partial charge is 0.418 e. The van der Waals surface area contributed by atoms with Crippen molar-refractivity contribution in [1.82, 2.24) is 19.9 Å². The zero-order valence-electron chi connectivity index (χ0n) is 29.0. The SMILES string of the molecule is COC(=O)CCC1=C(C)c2cc3[nH]c(cc4[nH]c(cc5nc(cc1n2)C(CCC(=O)OC)=C5C)c([C@H](O)C(F)(F)F)c4C)c([C@@H](O)C(F)(F)F)c3C. The van der Waals surface area contributed by atoms with Crippen LogP contribution in [0.3, 0.4) is 0 Å². The maximum atomic E-state index is 14.1. The lowest BCUT2D eigenvalue weighted by molar-refractivity contribution is -0.206. The molecule has 0 saturated heterocycles. The van der Waals surface area contributed by atoms with Crippen LogP contribution >= 0.6 is 0 Å². The van der Waals surface area contributed by atoms with Crippen molar-refractivity contribution in [2.24, 2.45) is 0 Å². The lowest BCUT2D eigenvalue weighted by Gasteiger charge is -2.15. The van der Waals surface area contributed by atoms with Gasteiger partial charge in [0.1, 0.15) is 0 Å². The number of H-pyrrole nitrogens is 2. The molecule has 2 atom stereocenters. The second-order valence-corrected chi connectivity index (χ2v) is 12.6. The quantitative estimate of drug-likeness (QED) is 0.135. The first kappa shape index (κ1) is 38.3. The predicted octanol–water partition coefficient (Wildman–Crippen LogP) is 7.89. The Bertz CT molecular complexity index is 2180. The molecule has 0 fully saturated rings. The summed E-state index contributed by atoms with van der Waals surface area (Å²) in [5.74, 6) is -1.02. The van der Waals surface area contributed by atoms with Crippen molar-refractivity contribution in [1.29, 1.82) is 0 Å². The molecule has 3 aromatic heterocycles. The van der Waals surface area contributed by atoms with Crippen molar-refractivity contribution < 1.29 is 55.6 Å². The molecule has 16 heteroatoms. The second-order valence-electron chi connectivity index (χ2n) is 12.6. The van der Waals surface area contributed by atoms with Gasteiger partial charge in [0.15, 0.2) is 12.2 Å². The number of aromatic nitrogens is 4. The first-order chi connectivity index (χ1) is 24.3. The van der Waals surface area contributed by atoms with Gasteiger partial charge in [0.25, 0.3) is 0 Å². The van der Waals surface area contributed by atoms with Gasteiger partial charge in [-0.2, -0.15) is 26.3 Å². The molecule has 5 heterocycles. The minimum absolute atomic E-state index is 0.00128. The van der Waals surface area contributed by atoms with Crippen LogP contribution in [0.25, 0.3) is 44.4 Å². The van der Waals surface area contributed by atoms with Gasteiger partial charge in [0, 0.05) is 46.0 Å². The molecule has 0 unspecified atom stereocenters. The number of nitrogens with one attached hydrogen (secondary N) is 2. The van der Waals surface area contributed by atoms with Crippen molar-refractivity contribution in [2.75, 3.05) is 14.2 Å². The minimum atomic E-state index is -5.12. The molecule has 0 saturated carbocycles. The predicted molar refractivity (Wildman–Crippen MR) is 180 cm³/mol. The molecule has 278 valence electrons. The van der Waals surface area contributed by atoms with Crippen LogP contribution in [-0.2, 0) is 19.1 Å². The molecule has 2 aliphatic heterocycles. The molecule has 3 aromatic rings. The zero-order chi connectivity index (χ0) is 38.4. The first-order valence-electron chi connectivity index (χ1n) is 16.1. The molecular weight excluding hydrogens is 698 g/mol. The molecule has 0 aliphatic carbocycles. The van der Waals surface area contributed by atoms with Crippen molar-refractivity contribution in [2.45, 2.75) is 77.9 Å². The fourth-order valence-corrected chi connectivity index (χ4v) is 6.47. The number of methoxy groups -OCH3 is 2. The number of aliphatic hydroxyl groups is 2. The third-order valence-electron chi connectivity index (χ3n) is 9.41. The van der Waals surface area contributed by atoms with E-state index in [0.29, 0.717) is 39.4 Å². The van der Waals surface area contributed by atoms with Gasteiger partial charge in [0.2, 0.25) is 0 Å². The van der Waals surface area contributed by atoms with Crippen LogP contribution in [0.2, 0.25) is 0 Å². The summed E-state index contributed by atoms with van der Waals surface area (Å²) in [7, 11) is 2.47. The maximum Gasteiger partial charge on any atom is 0.418 e. The Morgan fingerprint density at radius 3 is 1.38 bits per heavy atom. The molecule has 52 heavy (non-hydrogen) atoms. The third kappa shape index (κ3) is 7.35. The molecular formula is C36H36F6N4O6. The topological polar surface area (TPSA) is 150 Å². The van der Waals surface area contributed by atoms with Gasteiger partial charge in [-0.05, 0) is 98.2 Å². The summed E-state index contributed by atoms with van der Waals surface area (Å²) < 4.78 is 93.9. The number of halogens is 6. The van der Waals surface area contributed by atoms with Crippen LogP contribution in [0.1, 0.15) is 96.8 Å². The molecule has 0 amide bonds. The number of hydrogen-bond donors (Lipinski definition) is 4. The standard InChI is InChI=1S/C36H36F6N4O6/c1-15-19(7-9-29(47)51-5)25-14-26-20(8-10-30(48)52-6)16(2)22(44-26)12-27-32(34(50)36(40,41)42)18(4)24(46-27)13-28-31(33(49)35(37,38)39)17(3)23(45-28)11-21(15)43-25/h11-14,33-34,45-46,49-50H,7-10H2,1-6H3/t33-,34+/m1/s1. The van der Waals surface area contributed by atoms with Gasteiger partial charge in [-0.25, -0.2) is 9.97 Å². The number of ether oxygens (including phenoxy) is 2. The monoisotopic (exact) mass is 734 g/mol. The van der Waals surface area contributed by atoms with Crippen LogP contribution in [0.15, 0.2) is 24.3 Å². The highest BCUT2D eigenvalue weighted by Crippen LogP contribution is 2.42. The van der Waals surface area contributed by atoms with E-state index in [-0.39, 0.29) is 64.6 Å². The number of hydrogen-bond acceptors (Lipinski definition) is 8. The molecule has 4 N–H and O–H groups in total. The Morgan fingerprint density at radius 1 is 0.635 bits per heavy atom. The Morgan fingerprint density at radius 2 is 1.00 bits per heavy atom. The second kappa shape index (κ2) is 14.2. The summed E-state index contributed by atoms with van der Waals surface area (Å²) in [6.07, 6.45) is -16.0. The average Bonchev–Trinajstić information content (AvgIpc) is 3.73. The highest BCUT2D eigenvalue weighted by atomic mass is 19.4. The van der Waals surface area contributed by atoms with Crippen molar-refractivity contribution >= 4 is 56.3 Å². The van der Waals surface area contributed by atoms with E-state index in [1.54, 1.807) is 19.9 Å². The average molecular weight is 735 g/mol. The van der Waals surface area contributed by atoms with Gasteiger partial charge in [-0.1, -0.05) is 0 Å². The van der Waals surface area contributed by atoms with Gasteiger partial charge in [-0.15, -0.1) is 0 Å². The van der Waals surface area contributed by atoms with E-state index in [9.17, 15) is 46.1 Å². The number of aliphatic hydroxyl groups excluding tert-OH is 2. The summed E-state index contributed by atoms with van der Waals surface area (Å²) in [5, 5.41) is 21.0. The summed E-state index contributed by atoms with van der Waals surface area (Å²) in [5.41, 5.74) is 1.76. The van der Waals surface area contributed by atoms with Gasteiger partial charge in [-0.3, -0.25) is 9.59 Å². The molecule has 8 bridgehead atoms. The Balaban J connectivity index is 1.97. The van der Waals surface area contributed by atoms with Crippen LogP contribution in [-0.4, -0.2) is 68.7 Å². The van der Waals surface area contributed by atoms with E-state index >= 15 is 0 Å². The maximum absolute atomic E-state index is 14.1. The van der Waals surface area contributed by atoms with E-state index in [1.165, 1.54) is 40.2 Å². The van der Waals surface area contributed by atoms with Gasteiger partial charge in [0.05, 0.1) is 37.0 Å². The number of alkyl halides is 6. The molecule has 0 spiro atoms. The van der Waals surface area contributed by atoms with Gasteiger partial charge < -0.3 is 29.7 Å². The number of carbonyl (C=O) groups is 2. The summed E-state index contributed by atoms with van der Waals surface area (Å²) in [6, 6.07) is 5.51. The molecule has 0 radical (unpaired) electrons. The van der Waals surface area contributed by atoms with E-state index in [1.807, 2.05) is 0 Å². The van der Waals surface area contributed by atoms with Crippen molar-refractivity contribution in [3.8, 4) is 0 Å². The summed E-state index contributed by atoms with van der Waals surface area (Å²) in [6.45, 7) is 6.02. The number of rotatable bonds is 8. The summed E-state index contributed by atoms with van der Waals surface area (Å²) in [4.78, 5) is 39.5. The zero-order valence-corrected chi connectivity index (χ0v) is 29.0. The Kier molecular flexibility index (Phi) is 10.5. The minimum Gasteiger partial charge on any atom is -0.469 e. The van der Waals surface area contributed by atoms with Crippen molar-refractivity contribution in [3.63, 3.8) is 0 Å². The molecule has 0 aromatic carbocycles. The Labute approximate surface area is 293 Å². The largest absolute Gasteiger partial charge is 0.469 e. The van der Waals surface area contributed by atoms with Crippen LogP contribution in [0.5, 0.6) is 0 Å². The van der Waals surface area contributed by atoms with E-state index in [4.69, 9.17) is 19.4 Å². The first-order valence-corrected chi connectivity index (χ1v) is 16.1. The summed E-state index contributed by atoms with van der Waals surface area (Å²) >= 11 is 0. The number of carbonyl (C=O) groups excluding carboxylic acids is 2. The van der Waals surface area contributed by atoms with Crippen LogP contribution in [0, 0.1) is 13.8 Å². The fraction of sp³-hybridized carbons (Fsp3) is 0.389. The van der Waals surface area contributed by atoms with E-state index < -0.39 is 47.6 Å². The number of aryl methyl sites for hydroxylation is 2. The van der Waals surface area contributed by atoms with Gasteiger partial charge >= 0.3 is 24.3 Å². The lowest BCUT2D eigenvalue weighted by Crippen LogP contribution is -2.20. The lowest BCUT2D eigenvalue weighted by atomic mass is 9.98. The third-order valence-corrected chi connectivity index (χ3v) is 9.41. The normalized spacial score (nSPS) is 14.9. The number of allylic oxidation sites excluding steroid dienone is 4.